The van der Waals surface area contributed by atoms with Gasteiger partial charge < -0.3 is 5.73 Å². The van der Waals surface area contributed by atoms with Gasteiger partial charge in [0.15, 0.2) is 0 Å². The van der Waals surface area contributed by atoms with Crippen LogP contribution in [0, 0.1) is 5.92 Å². The fraction of sp³-hybridized carbons (Fsp3) is 0.429. The standard InChI is InChI=1S/C21H27N/c1-3-5-8-15(4-2)13-17-11-12-19-18-10-7-6-9-16(18)14-20(19)21(17)22/h6-7,9-12,15H,3-5,8,13-14,22H2,1-2H3. The number of rotatable bonds is 6. The fourth-order valence-corrected chi connectivity index (χ4v) is 3.72. The van der Waals surface area contributed by atoms with Gasteiger partial charge in [-0.2, -0.15) is 0 Å². The zero-order valence-electron chi connectivity index (χ0n) is 13.9. The molecular weight excluding hydrogens is 266 g/mol. The summed E-state index contributed by atoms with van der Waals surface area (Å²) in [5.41, 5.74) is 14.4. The van der Waals surface area contributed by atoms with Crippen molar-refractivity contribution in [3.05, 3.63) is 53.1 Å². The van der Waals surface area contributed by atoms with Crippen LogP contribution in [0.4, 0.5) is 5.69 Å². The van der Waals surface area contributed by atoms with Gasteiger partial charge in [-0.05, 0) is 40.2 Å². The molecule has 0 aromatic heterocycles. The van der Waals surface area contributed by atoms with Gasteiger partial charge >= 0.3 is 0 Å². The molecule has 0 saturated carbocycles. The first kappa shape index (κ1) is 15.1. The molecule has 0 spiro atoms. The van der Waals surface area contributed by atoms with Gasteiger partial charge in [0, 0.05) is 12.1 Å². The largest absolute Gasteiger partial charge is 0.398 e. The SMILES string of the molecule is CCCCC(CC)Cc1ccc2c(c1N)Cc1ccccc1-2. The van der Waals surface area contributed by atoms with E-state index in [1.807, 2.05) is 0 Å². The van der Waals surface area contributed by atoms with Gasteiger partial charge in [0.2, 0.25) is 0 Å². The van der Waals surface area contributed by atoms with Crippen LogP contribution in [0.25, 0.3) is 11.1 Å². The molecule has 1 atom stereocenters. The van der Waals surface area contributed by atoms with Gasteiger partial charge in [-0.3, -0.25) is 0 Å². The van der Waals surface area contributed by atoms with Gasteiger partial charge in [0.05, 0.1) is 0 Å². The van der Waals surface area contributed by atoms with E-state index in [9.17, 15) is 0 Å². The number of unbranched alkanes of at least 4 members (excludes halogenated alkanes) is 1. The Hall–Kier alpha value is -1.76. The maximum absolute atomic E-state index is 6.55. The van der Waals surface area contributed by atoms with Gasteiger partial charge in [-0.25, -0.2) is 0 Å². The van der Waals surface area contributed by atoms with Crippen molar-refractivity contribution in [2.24, 2.45) is 5.92 Å². The molecule has 0 radical (unpaired) electrons. The summed E-state index contributed by atoms with van der Waals surface area (Å²) in [6.45, 7) is 4.58. The van der Waals surface area contributed by atoms with Crippen molar-refractivity contribution in [1.82, 2.24) is 0 Å². The molecule has 0 fully saturated rings. The van der Waals surface area contributed by atoms with Gasteiger partial charge in [-0.1, -0.05) is 75.9 Å². The highest BCUT2D eigenvalue weighted by atomic mass is 14.6. The van der Waals surface area contributed by atoms with Crippen LogP contribution in [0.1, 0.15) is 56.2 Å². The van der Waals surface area contributed by atoms with E-state index < -0.39 is 0 Å². The maximum Gasteiger partial charge on any atom is 0.0388 e. The molecule has 3 rings (SSSR count). The second-order valence-electron chi connectivity index (χ2n) is 6.62. The molecular formula is C21H27N. The van der Waals surface area contributed by atoms with Crippen LogP contribution in [-0.2, 0) is 12.8 Å². The summed E-state index contributed by atoms with van der Waals surface area (Å²) in [6.07, 6.45) is 7.31. The summed E-state index contributed by atoms with van der Waals surface area (Å²) in [5.74, 6) is 0.768. The molecule has 0 aliphatic heterocycles. The van der Waals surface area contributed by atoms with E-state index in [2.05, 4.69) is 50.2 Å². The highest BCUT2D eigenvalue weighted by Crippen LogP contribution is 2.41. The molecule has 2 aromatic rings. The molecule has 0 saturated heterocycles. The Bertz CT molecular complexity index is 657. The molecule has 1 unspecified atom stereocenters. The minimum Gasteiger partial charge on any atom is -0.398 e. The molecule has 0 amide bonds. The summed E-state index contributed by atoms with van der Waals surface area (Å²) in [6, 6.07) is 13.3. The lowest BCUT2D eigenvalue weighted by Gasteiger charge is -2.17. The maximum atomic E-state index is 6.55. The number of fused-ring (bicyclic) bond motifs is 3. The minimum atomic E-state index is 0.768. The van der Waals surface area contributed by atoms with Crippen molar-refractivity contribution in [2.75, 3.05) is 5.73 Å². The number of hydrogen-bond donors (Lipinski definition) is 1. The van der Waals surface area contributed by atoms with Crippen LogP contribution in [0.5, 0.6) is 0 Å². The molecule has 1 aliphatic carbocycles. The monoisotopic (exact) mass is 293 g/mol. The first-order valence-electron chi connectivity index (χ1n) is 8.73. The van der Waals surface area contributed by atoms with E-state index in [0.717, 1.165) is 24.4 Å². The highest BCUT2D eigenvalue weighted by molar-refractivity contribution is 5.82. The van der Waals surface area contributed by atoms with Crippen molar-refractivity contribution in [1.29, 1.82) is 0 Å². The van der Waals surface area contributed by atoms with Gasteiger partial charge in [0.1, 0.15) is 0 Å². The zero-order valence-corrected chi connectivity index (χ0v) is 13.9. The molecule has 1 aliphatic rings. The average Bonchev–Trinajstić information content (AvgIpc) is 2.93. The Morgan fingerprint density at radius 1 is 1.05 bits per heavy atom. The third kappa shape index (κ3) is 2.77. The van der Waals surface area contributed by atoms with E-state index in [1.165, 1.54) is 53.5 Å². The lowest BCUT2D eigenvalue weighted by atomic mass is 9.89. The topological polar surface area (TPSA) is 26.0 Å². The van der Waals surface area contributed by atoms with Crippen molar-refractivity contribution in [2.45, 2.75) is 52.4 Å². The third-order valence-electron chi connectivity index (χ3n) is 5.17. The minimum absolute atomic E-state index is 0.768. The molecule has 0 bridgehead atoms. The lowest BCUT2D eigenvalue weighted by Crippen LogP contribution is -2.07. The second kappa shape index (κ2) is 6.56. The van der Waals surface area contributed by atoms with E-state index in [-0.39, 0.29) is 0 Å². The first-order valence-corrected chi connectivity index (χ1v) is 8.73. The molecule has 1 nitrogen and oxygen atoms in total. The van der Waals surface area contributed by atoms with E-state index >= 15 is 0 Å². The normalized spacial score (nSPS) is 13.7. The Morgan fingerprint density at radius 2 is 1.86 bits per heavy atom. The third-order valence-corrected chi connectivity index (χ3v) is 5.17. The number of hydrogen-bond acceptors (Lipinski definition) is 1. The van der Waals surface area contributed by atoms with Crippen molar-refractivity contribution in [3.63, 3.8) is 0 Å². The molecule has 22 heavy (non-hydrogen) atoms. The van der Waals surface area contributed by atoms with Gasteiger partial charge in [0.25, 0.3) is 0 Å². The van der Waals surface area contributed by atoms with E-state index in [0.29, 0.717) is 0 Å². The van der Waals surface area contributed by atoms with Crippen LogP contribution in [-0.4, -0.2) is 0 Å². The Balaban J connectivity index is 1.86. The number of nitrogens with two attached hydrogens (primary N) is 1. The number of nitrogen functional groups attached to an aromatic ring is 1. The summed E-state index contributed by atoms with van der Waals surface area (Å²) in [5, 5.41) is 0. The van der Waals surface area contributed by atoms with Crippen LogP contribution < -0.4 is 5.73 Å². The predicted octanol–water partition coefficient (Wildman–Crippen LogP) is 5.60. The van der Waals surface area contributed by atoms with E-state index in [4.69, 9.17) is 5.73 Å². The highest BCUT2D eigenvalue weighted by Gasteiger charge is 2.22. The predicted molar refractivity (Wildman–Crippen MR) is 96.1 cm³/mol. The van der Waals surface area contributed by atoms with Gasteiger partial charge in [-0.15, -0.1) is 0 Å². The smallest absolute Gasteiger partial charge is 0.0388 e. The van der Waals surface area contributed by atoms with Crippen molar-refractivity contribution >= 4 is 5.69 Å². The number of benzene rings is 2. The summed E-state index contributed by atoms with van der Waals surface area (Å²) in [4.78, 5) is 0. The summed E-state index contributed by atoms with van der Waals surface area (Å²) >= 11 is 0. The summed E-state index contributed by atoms with van der Waals surface area (Å²) < 4.78 is 0. The number of anilines is 1. The first-order chi connectivity index (χ1) is 10.7. The van der Waals surface area contributed by atoms with Crippen LogP contribution in [0.3, 0.4) is 0 Å². The average molecular weight is 293 g/mol. The molecule has 116 valence electrons. The Labute approximate surface area is 134 Å². The fourth-order valence-electron chi connectivity index (χ4n) is 3.72. The molecule has 2 N–H and O–H groups in total. The van der Waals surface area contributed by atoms with Crippen LogP contribution in [0.2, 0.25) is 0 Å². The lowest BCUT2D eigenvalue weighted by molar-refractivity contribution is 0.449. The van der Waals surface area contributed by atoms with Crippen molar-refractivity contribution < 1.29 is 0 Å². The zero-order chi connectivity index (χ0) is 15.5. The van der Waals surface area contributed by atoms with E-state index in [1.54, 1.807) is 0 Å². The van der Waals surface area contributed by atoms with Crippen molar-refractivity contribution in [3.8, 4) is 11.1 Å². The molecule has 2 aromatic carbocycles. The Morgan fingerprint density at radius 3 is 2.64 bits per heavy atom. The second-order valence-corrected chi connectivity index (χ2v) is 6.62. The molecule has 1 heteroatoms. The van der Waals surface area contributed by atoms with Crippen LogP contribution in [0.15, 0.2) is 36.4 Å². The Kier molecular flexibility index (Phi) is 4.52. The molecule has 0 heterocycles. The summed E-state index contributed by atoms with van der Waals surface area (Å²) in [7, 11) is 0. The quantitative estimate of drug-likeness (QED) is 0.588. The van der Waals surface area contributed by atoms with Crippen LogP contribution >= 0.6 is 0 Å².